The molecule has 0 bridgehead atoms. The fourth-order valence-electron chi connectivity index (χ4n) is 3.81. The number of aryl methyl sites for hydroxylation is 3. The first kappa shape index (κ1) is 26.0. The average Bonchev–Trinajstić information content (AvgIpc) is 2.74. The summed E-state index contributed by atoms with van der Waals surface area (Å²) in [7, 11) is 0. The summed E-state index contributed by atoms with van der Waals surface area (Å²) in [5, 5.41) is 3.02. The van der Waals surface area contributed by atoms with Gasteiger partial charge in [-0.3, -0.25) is 9.59 Å². The summed E-state index contributed by atoms with van der Waals surface area (Å²) in [6.07, 6.45) is 2.56. The van der Waals surface area contributed by atoms with Gasteiger partial charge in [-0.15, -0.1) is 11.8 Å². The number of nitrogens with zero attached hydrogens (tertiary/aromatic N) is 1. The number of amides is 2. The molecule has 0 heterocycles. The summed E-state index contributed by atoms with van der Waals surface area (Å²) >= 11 is 1.61. The molecule has 0 saturated heterocycles. The molecule has 4 nitrogen and oxygen atoms in total. The Balaban J connectivity index is 2.11. The van der Waals surface area contributed by atoms with Crippen LogP contribution in [0.15, 0.2) is 42.5 Å². The van der Waals surface area contributed by atoms with Crippen LogP contribution in [-0.2, 0) is 21.9 Å². The van der Waals surface area contributed by atoms with Crippen LogP contribution in [-0.4, -0.2) is 35.1 Å². The monoisotopic (exact) mass is 454 g/mol. The first-order chi connectivity index (χ1) is 15.3. The minimum Gasteiger partial charge on any atom is -0.354 e. The third kappa shape index (κ3) is 8.34. The molecule has 2 aromatic rings. The van der Waals surface area contributed by atoms with Crippen molar-refractivity contribution in [3.8, 4) is 0 Å². The lowest BCUT2D eigenvalue weighted by molar-refractivity contribution is -0.139. The molecule has 0 saturated carbocycles. The maximum absolute atomic E-state index is 13.3. The second-order valence-corrected chi connectivity index (χ2v) is 9.55. The van der Waals surface area contributed by atoms with E-state index in [-0.39, 0.29) is 11.8 Å². The standard InChI is InChI=1S/C27H38N2O2S/c1-6-8-13-28-27(31)25(7-2)29(17-23-11-9-20(3)10-12-23)26(30)19-32-18-24-15-21(4)14-22(5)16-24/h9-12,14-16,25H,6-8,13,17-19H2,1-5H3,(H,28,31)/t25-/m1/s1. The predicted molar refractivity (Wildman–Crippen MR) is 136 cm³/mol. The zero-order valence-electron chi connectivity index (χ0n) is 20.2. The van der Waals surface area contributed by atoms with Crippen molar-refractivity contribution in [3.63, 3.8) is 0 Å². The van der Waals surface area contributed by atoms with E-state index in [1.807, 2.05) is 26.0 Å². The Morgan fingerprint density at radius 2 is 1.59 bits per heavy atom. The topological polar surface area (TPSA) is 49.4 Å². The van der Waals surface area contributed by atoms with Crippen LogP contribution < -0.4 is 5.32 Å². The summed E-state index contributed by atoms with van der Waals surface area (Å²) in [5.41, 5.74) is 5.93. The zero-order valence-corrected chi connectivity index (χ0v) is 21.1. The van der Waals surface area contributed by atoms with Gasteiger partial charge in [-0.05, 0) is 44.7 Å². The number of carbonyl (C=O) groups is 2. The van der Waals surface area contributed by atoms with Crippen molar-refractivity contribution in [1.82, 2.24) is 10.2 Å². The Labute approximate surface area is 198 Å². The number of thioether (sulfide) groups is 1. The van der Waals surface area contributed by atoms with Gasteiger partial charge in [0.2, 0.25) is 11.8 Å². The minimum atomic E-state index is -0.456. The first-order valence-corrected chi connectivity index (χ1v) is 12.8. The highest BCUT2D eigenvalue weighted by molar-refractivity contribution is 7.99. The van der Waals surface area contributed by atoms with E-state index in [0.717, 1.165) is 24.2 Å². The van der Waals surface area contributed by atoms with Gasteiger partial charge < -0.3 is 10.2 Å². The molecule has 32 heavy (non-hydrogen) atoms. The second kappa shape index (κ2) is 13.3. The zero-order chi connectivity index (χ0) is 23.5. The van der Waals surface area contributed by atoms with E-state index in [9.17, 15) is 9.59 Å². The van der Waals surface area contributed by atoms with E-state index in [2.05, 4.69) is 56.4 Å². The highest BCUT2D eigenvalue weighted by Gasteiger charge is 2.28. The maximum Gasteiger partial charge on any atom is 0.242 e. The van der Waals surface area contributed by atoms with Crippen molar-refractivity contribution in [2.24, 2.45) is 0 Å². The van der Waals surface area contributed by atoms with Crippen LogP contribution in [0, 0.1) is 20.8 Å². The van der Waals surface area contributed by atoms with Crippen LogP contribution in [0.1, 0.15) is 60.9 Å². The third-order valence-corrected chi connectivity index (χ3v) is 6.45. The number of unbranched alkanes of at least 4 members (excludes halogenated alkanes) is 1. The number of benzene rings is 2. The summed E-state index contributed by atoms with van der Waals surface area (Å²) in [5.74, 6) is 1.10. The first-order valence-electron chi connectivity index (χ1n) is 11.6. The van der Waals surface area contributed by atoms with Gasteiger partial charge in [-0.1, -0.05) is 79.4 Å². The molecule has 0 fully saturated rings. The lowest BCUT2D eigenvalue weighted by Crippen LogP contribution is -2.49. The Bertz CT molecular complexity index is 859. The Hall–Kier alpha value is -2.27. The van der Waals surface area contributed by atoms with Gasteiger partial charge >= 0.3 is 0 Å². The number of nitrogens with one attached hydrogen (secondary N) is 1. The molecule has 5 heteroatoms. The molecule has 1 atom stereocenters. The normalized spacial score (nSPS) is 11.8. The smallest absolute Gasteiger partial charge is 0.242 e. The molecule has 2 amide bonds. The van der Waals surface area contributed by atoms with Gasteiger partial charge in [0.05, 0.1) is 5.75 Å². The van der Waals surface area contributed by atoms with Crippen LogP contribution >= 0.6 is 11.8 Å². The van der Waals surface area contributed by atoms with E-state index in [1.165, 1.54) is 22.3 Å². The summed E-state index contributed by atoms with van der Waals surface area (Å²) in [6, 6.07) is 14.2. The van der Waals surface area contributed by atoms with E-state index >= 15 is 0 Å². The molecule has 2 aromatic carbocycles. The summed E-state index contributed by atoms with van der Waals surface area (Å²) < 4.78 is 0. The predicted octanol–water partition coefficient (Wildman–Crippen LogP) is 5.57. The van der Waals surface area contributed by atoms with Crippen molar-refractivity contribution < 1.29 is 9.59 Å². The summed E-state index contributed by atoms with van der Waals surface area (Å²) in [6.45, 7) is 11.4. The largest absolute Gasteiger partial charge is 0.354 e. The van der Waals surface area contributed by atoms with Gasteiger partial charge in [0.25, 0.3) is 0 Å². The summed E-state index contributed by atoms with van der Waals surface area (Å²) in [4.78, 5) is 28.0. The van der Waals surface area contributed by atoms with E-state index in [4.69, 9.17) is 0 Å². The molecule has 0 radical (unpaired) electrons. The molecule has 0 aromatic heterocycles. The van der Waals surface area contributed by atoms with Crippen LogP contribution in [0.2, 0.25) is 0 Å². The van der Waals surface area contributed by atoms with Crippen LogP contribution in [0.25, 0.3) is 0 Å². The fourth-order valence-corrected chi connectivity index (χ4v) is 4.65. The quantitative estimate of drug-likeness (QED) is 0.427. The third-order valence-electron chi connectivity index (χ3n) is 5.46. The van der Waals surface area contributed by atoms with Crippen molar-refractivity contribution in [3.05, 3.63) is 70.3 Å². The molecule has 0 unspecified atom stereocenters. The molecule has 0 aliphatic rings. The van der Waals surface area contributed by atoms with Crippen molar-refractivity contribution >= 4 is 23.6 Å². The maximum atomic E-state index is 13.3. The number of hydrogen-bond acceptors (Lipinski definition) is 3. The SMILES string of the molecule is CCCCNC(=O)[C@@H](CC)N(Cc1ccc(C)cc1)C(=O)CSCc1cc(C)cc(C)c1. The highest BCUT2D eigenvalue weighted by atomic mass is 32.2. The van der Waals surface area contributed by atoms with E-state index in [0.29, 0.717) is 25.3 Å². The molecule has 0 aliphatic heterocycles. The Morgan fingerprint density at radius 3 is 2.19 bits per heavy atom. The Kier molecular flexibility index (Phi) is 10.8. The van der Waals surface area contributed by atoms with Gasteiger partial charge in [0, 0.05) is 18.8 Å². The van der Waals surface area contributed by atoms with Crippen LogP contribution in [0.3, 0.4) is 0 Å². The number of carbonyl (C=O) groups excluding carboxylic acids is 2. The molecule has 0 spiro atoms. The van der Waals surface area contributed by atoms with Crippen LogP contribution in [0.5, 0.6) is 0 Å². The van der Waals surface area contributed by atoms with Crippen molar-refractivity contribution in [2.45, 2.75) is 72.2 Å². The lowest BCUT2D eigenvalue weighted by atomic mass is 10.1. The number of hydrogen-bond donors (Lipinski definition) is 1. The number of rotatable bonds is 12. The van der Waals surface area contributed by atoms with Gasteiger partial charge in [-0.25, -0.2) is 0 Å². The van der Waals surface area contributed by atoms with Crippen molar-refractivity contribution in [2.75, 3.05) is 12.3 Å². The molecular formula is C27H38N2O2S. The lowest BCUT2D eigenvalue weighted by Gasteiger charge is -2.30. The molecule has 1 N–H and O–H groups in total. The Morgan fingerprint density at radius 1 is 0.938 bits per heavy atom. The minimum absolute atomic E-state index is 0.0115. The molecule has 174 valence electrons. The van der Waals surface area contributed by atoms with E-state index < -0.39 is 6.04 Å². The van der Waals surface area contributed by atoms with Gasteiger partial charge in [0.1, 0.15) is 6.04 Å². The average molecular weight is 455 g/mol. The molecule has 0 aliphatic carbocycles. The van der Waals surface area contributed by atoms with E-state index in [1.54, 1.807) is 16.7 Å². The van der Waals surface area contributed by atoms with Gasteiger partial charge in [-0.2, -0.15) is 0 Å². The van der Waals surface area contributed by atoms with Gasteiger partial charge in [0.15, 0.2) is 0 Å². The second-order valence-electron chi connectivity index (χ2n) is 8.56. The fraction of sp³-hybridized carbons (Fsp3) is 0.481. The molecule has 2 rings (SSSR count). The van der Waals surface area contributed by atoms with Crippen molar-refractivity contribution in [1.29, 1.82) is 0 Å². The van der Waals surface area contributed by atoms with Crippen LogP contribution in [0.4, 0.5) is 0 Å². The molecular weight excluding hydrogens is 416 g/mol. The highest BCUT2D eigenvalue weighted by Crippen LogP contribution is 2.19.